The van der Waals surface area contributed by atoms with Crippen molar-refractivity contribution >= 4 is 52.7 Å². The van der Waals surface area contributed by atoms with Gasteiger partial charge in [-0.2, -0.15) is 5.10 Å². The van der Waals surface area contributed by atoms with Crippen molar-refractivity contribution < 1.29 is 9.59 Å². The number of carbonyl (C=O) groups is 2. The Morgan fingerprint density at radius 1 is 0.829 bits per heavy atom. The van der Waals surface area contributed by atoms with Gasteiger partial charge < -0.3 is 10.6 Å². The highest BCUT2D eigenvalue weighted by atomic mass is 35.5. The van der Waals surface area contributed by atoms with Crippen LogP contribution in [0.15, 0.2) is 109 Å². The highest BCUT2D eigenvalue weighted by Crippen LogP contribution is 2.27. The van der Waals surface area contributed by atoms with Crippen LogP contribution in [0.25, 0.3) is 23.0 Å². The van der Waals surface area contributed by atoms with E-state index in [1.54, 1.807) is 47.4 Å². The van der Waals surface area contributed by atoms with Crippen molar-refractivity contribution in [2.24, 2.45) is 0 Å². The Bertz CT molecular complexity index is 1700. The van der Waals surface area contributed by atoms with E-state index in [9.17, 15) is 9.59 Å². The van der Waals surface area contributed by atoms with E-state index < -0.39 is 11.8 Å². The predicted molar refractivity (Wildman–Crippen MR) is 162 cm³/mol. The third-order valence-electron chi connectivity index (χ3n) is 5.95. The van der Waals surface area contributed by atoms with Crippen LogP contribution in [0, 0.1) is 0 Å². The molecule has 0 saturated heterocycles. The Morgan fingerprint density at radius 2 is 1.54 bits per heavy atom. The highest BCUT2D eigenvalue weighted by molar-refractivity contribution is 6.35. The molecule has 0 atom stereocenters. The fourth-order valence-electron chi connectivity index (χ4n) is 4.00. The summed E-state index contributed by atoms with van der Waals surface area (Å²) in [5.74, 6) is -1.08. The molecule has 10 heteroatoms. The summed E-state index contributed by atoms with van der Waals surface area (Å²) in [5, 5.41) is 11.5. The van der Waals surface area contributed by atoms with Crippen molar-refractivity contribution in [2.75, 3.05) is 0 Å². The van der Waals surface area contributed by atoms with Gasteiger partial charge in [0.05, 0.1) is 17.9 Å². The van der Waals surface area contributed by atoms with E-state index in [0.717, 1.165) is 11.3 Å². The second kappa shape index (κ2) is 12.8. The SMILES string of the molecule is O=C(NCc1ccccn1)/C(=C/c1cn(-c2ccccc2)nc1-c1ccc(Cl)cc1)NC(=O)c1cc(Cl)cc(Cl)c1. The summed E-state index contributed by atoms with van der Waals surface area (Å²) in [5.41, 5.74) is 3.61. The van der Waals surface area contributed by atoms with Gasteiger partial charge in [-0.25, -0.2) is 4.68 Å². The first-order valence-electron chi connectivity index (χ1n) is 12.4. The summed E-state index contributed by atoms with van der Waals surface area (Å²) >= 11 is 18.4. The lowest BCUT2D eigenvalue weighted by Gasteiger charge is -2.12. The molecule has 2 aromatic heterocycles. The lowest BCUT2D eigenvalue weighted by atomic mass is 10.1. The number of halogens is 3. The molecule has 2 amide bonds. The van der Waals surface area contributed by atoms with Crippen LogP contribution in [-0.2, 0) is 11.3 Å². The summed E-state index contributed by atoms with van der Waals surface area (Å²) in [6.07, 6.45) is 5.00. The molecule has 3 aromatic carbocycles. The first-order valence-corrected chi connectivity index (χ1v) is 13.6. The molecule has 41 heavy (non-hydrogen) atoms. The Labute approximate surface area is 251 Å². The number of para-hydroxylation sites is 1. The lowest BCUT2D eigenvalue weighted by Crippen LogP contribution is -2.34. The van der Waals surface area contributed by atoms with E-state index in [1.165, 1.54) is 18.2 Å². The van der Waals surface area contributed by atoms with Gasteiger partial charge in [0.2, 0.25) is 0 Å². The molecule has 2 heterocycles. The minimum atomic E-state index is -0.558. The highest BCUT2D eigenvalue weighted by Gasteiger charge is 2.19. The summed E-state index contributed by atoms with van der Waals surface area (Å²) in [7, 11) is 0. The van der Waals surface area contributed by atoms with Gasteiger partial charge in [-0.05, 0) is 60.7 Å². The second-order valence-electron chi connectivity index (χ2n) is 8.89. The van der Waals surface area contributed by atoms with Gasteiger partial charge in [0.1, 0.15) is 11.4 Å². The number of nitrogens with one attached hydrogen (secondary N) is 2. The smallest absolute Gasteiger partial charge is 0.268 e. The fraction of sp³-hybridized carbons (Fsp3) is 0.0323. The standard InChI is InChI=1S/C31H22Cl3N5O2/c32-23-11-9-20(10-12-23)29-22(19-39(38-29)27-7-2-1-3-8-27)16-28(31(41)36-18-26-6-4-5-13-35-26)37-30(40)21-14-24(33)17-25(34)15-21/h1-17,19H,18H2,(H,36,41)(H,37,40)/b28-16-. The Morgan fingerprint density at radius 3 is 2.22 bits per heavy atom. The average molecular weight is 603 g/mol. The minimum Gasteiger partial charge on any atom is -0.345 e. The van der Waals surface area contributed by atoms with Gasteiger partial charge >= 0.3 is 0 Å². The molecule has 5 aromatic rings. The summed E-state index contributed by atoms with van der Waals surface area (Å²) in [6.45, 7) is 0.156. The molecule has 0 fully saturated rings. The van der Waals surface area contributed by atoms with Gasteiger partial charge in [0.15, 0.2) is 0 Å². The van der Waals surface area contributed by atoms with Crippen LogP contribution in [0.5, 0.6) is 0 Å². The maximum Gasteiger partial charge on any atom is 0.268 e. The van der Waals surface area contributed by atoms with Crippen molar-refractivity contribution in [1.82, 2.24) is 25.4 Å². The van der Waals surface area contributed by atoms with Crippen LogP contribution in [0.3, 0.4) is 0 Å². The van der Waals surface area contributed by atoms with Gasteiger partial charge in [-0.15, -0.1) is 0 Å². The zero-order valence-electron chi connectivity index (χ0n) is 21.4. The summed E-state index contributed by atoms with van der Waals surface area (Å²) in [6, 6.07) is 26.6. The van der Waals surface area contributed by atoms with Gasteiger partial charge in [-0.3, -0.25) is 14.6 Å². The molecule has 7 nitrogen and oxygen atoms in total. The molecular formula is C31H22Cl3N5O2. The largest absolute Gasteiger partial charge is 0.345 e. The Hall–Kier alpha value is -4.43. The van der Waals surface area contributed by atoms with Crippen LogP contribution in [0.2, 0.25) is 15.1 Å². The van der Waals surface area contributed by atoms with Crippen molar-refractivity contribution in [3.63, 3.8) is 0 Å². The van der Waals surface area contributed by atoms with Crippen molar-refractivity contribution in [3.8, 4) is 16.9 Å². The number of benzene rings is 3. The van der Waals surface area contributed by atoms with Gasteiger partial charge in [0, 0.05) is 44.2 Å². The molecule has 0 aliphatic heterocycles. The number of amides is 2. The van der Waals surface area contributed by atoms with E-state index in [4.69, 9.17) is 39.9 Å². The number of hydrogen-bond donors (Lipinski definition) is 2. The third kappa shape index (κ3) is 7.21. The number of nitrogens with zero attached hydrogens (tertiary/aromatic N) is 3. The molecule has 5 rings (SSSR count). The van der Waals surface area contributed by atoms with Crippen LogP contribution in [0.1, 0.15) is 21.6 Å². The van der Waals surface area contributed by atoms with Crippen molar-refractivity contribution in [2.45, 2.75) is 6.54 Å². The van der Waals surface area contributed by atoms with Crippen LogP contribution in [0.4, 0.5) is 0 Å². The van der Waals surface area contributed by atoms with E-state index in [1.807, 2.05) is 48.5 Å². The van der Waals surface area contributed by atoms with Crippen molar-refractivity contribution in [1.29, 1.82) is 0 Å². The van der Waals surface area contributed by atoms with E-state index in [-0.39, 0.29) is 17.8 Å². The predicted octanol–water partition coefficient (Wildman–Crippen LogP) is 6.98. The zero-order chi connectivity index (χ0) is 28.8. The fourth-order valence-corrected chi connectivity index (χ4v) is 4.65. The maximum absolute atomic E-state index is 13.5. The lowest BCUT2D eigenvalue weighted by molar-refractivity contribution is -0.117. The first kappa shape index (κ1) is 28.1. The average Bonchev–Trinajstić information content (AvgIpc) is 3.40. The Kier molecular flexibility index (Phi) is 8.79. The van der Waals surface area contributed by atoms with Gasteiger partial charge in [0.25, 0.3) is 11.8 Å². The van der Waals surface area contributed by atoms with Crippen molar-refractivity contribution in [3.05, 3.63) is 141 Å². The maximum atomic E-state index is 13.5. The third-order valence-corrected chi connectivity index (χ3v) is 6.64. The van der Waals surface area contributed by atoms with Crippen LogP contribution in [-0.4, -0.2) is 26.6 Å². The molecule has 0 bridgehead atoms. The topological polar surface area (TPSA) is 88.9 Å². The molecule has 0 unspecified atom stereocenters. The number of pyridine rings is 1. The van der Waals surface area contributed by atoms with E-state index in [0.29, 0.717) is 32.0 Å². The molecular weight excluding hydrogens is 581 g/mol. The molecule has 0 spiro atoms. The van der Waals surface area contributed by atoms with E-state index >= 15 is 0 Å². The molecule has 0 radical (unpaired) electrons. The zero-order valence-corrected chi connectivity index (χ0v) is 23.7. The second-order valence-corrected chi connectivity index (χ2v) is 10.2. The quantitative estimate of drug-likeness (QED) is 0.188. The van der Waals surface area contributed by atoms with E-state index in [2.05, 4.69) is 15.6 Å². The van der Waals surface area contributed by atoms with Gasteiger partial charge in [-0.1, -0.05) is 71.2 Å². The summed E-state index contributed by atoms with van der Waals surface area (Å²) in [4.78, 5) is 31.0. The number of hydrogen-bond acceptors (Lipinski definition) is 4. The summed E-state index contributed by atoms with van der Waals surface area (Å²) < 4.78 is 1.71. The molecule has 2 N–H and O–H groups in total. The molecule has 0 aliphatic rings. The number of aromatic nitrogens is 3. The molecule has 204 valence electrons. The molecule has 0 saturated carbocycles. The number of carbonyl (C=O) groups excluding carboxylic acids is 2. The monoisotopic (exact) mass is 601 g/mol. The van der Waals surface area contributed by atoms with Crippen LogP contribution >= 0.6 is 34.8 Å². The van der Waals surface area contributed by atoms with Crippen LogP contribution < -0.4 is 10.6 Å². The normalized spacial score (nSPS) is 11.2. The number of rotatable bonds is 8. The first-order chi connectivity index (χ1) is 19.9. The molecule has 0 aliphatic carbocycles. The minimum absolute atomic E-state index is 0.00939. The Balaban J connectivity index is 1.56.